The second-order valence-corrected chi connectivity index (χ2v) is 5.66. The molecule has 0 radical (unpaired) electrons. The summed E-state index contributed by atoms with van der Waals surface area (Å²) < 4.78 is 6.13. The number of nitrogens with zero attached hydrogens (tertiary/aromatic N) is 1. The van der Waals surface area contributed by atoms with Crippen LogP contribution in [0.3, 0.4) is 0 Å². The van der Waals surface area contributed by atoms with E-state index < -0.39 is 5.91 Å². The van der Waals surface area contributed by atoms with E-state index in [0.717, 1.165) is 9.13 Å². The smallest absolute Gasteiger partial charge is 0.266 e. The van der Waals surface area contributed by atoms with Crippen molar-refractivity contribution in [3.8, 4) is 11.8 Å². The summed E-state index contributed by atoms with van der Waals surface area (Å²) in [6, 6.07) is 16.5. The van der Waals surface area contributed by atoms with Gasteiger partial charge >= 0.3 is 0 Å². The van der Waals surface area contributed by atoms with E-state index in [1.807, 2.05) is 24.3 Å². The summed E-state index contributed by atoms with van der Waals surface area (Å²) >= 11 is 2.16. The Bertz CT molecular complexity index is 763. The molecule has 4 nitrogen and oxygen atoms in total. The summed E-state index contributed by atoms with van der Waals surface area (Å²) in [6.07, 6.45) is 1.53. The minimum absolute atomic E-state index is 0.0344. The first-order valence-corrected chi connectivity index (χ1v) is 7.53. The Balaban J connectivity index is 2.21. The molecule has 0 atom stereocenters. The van der Waals surface area contributed by atoms with Crippen molar-refractivity contribution in [1.82, 2.24) is 0 Å². The fourth-order valence-corrected chi connectivity index (χ4v) is 2.35. The first-order chi connectivity index (χ1) is 10.6. The molecule has 5 heteroatoms. The average Bonchev–Trinajstić information content (AvgIpc) is 2.52. The molecule has 0 saturated heterocycles. The van der Waals surface area contributed by atoms with Crippen molar-refractivity contribution in [2.45, 2.75) is 0 Å². The fraction of sp³-hybridized carbons (Fsp3) is 0.0588. The zero-order valence-electron chi connectivity index (χ0n) is 11.8. The molecule has 2 rings (SSSR count). The van der Waals surface area contributed by atoms with Gasteiger partial charge in [-0.1, -0.05) is 18.2 Å². The van der Waals surface area contributed by atoms with Crippen LogP contribution in [0.25, 0.3) is 6.08 Å². The number of halogens is 1. The van der Waals surface area contributed by atoms with Gasteiger partial charge in [-0.05, 0) is 64.6 Å². The van der Waals surface area contributed by atoms with Crippen LogP contribution in [0.15, 0.2) is 54.1 Å². The second kappa shape index (κ2) is 7.61. The van der Waals surface area contributed by atoms with Crippen molar-refractivity contribution in [3.05, 3.63) is 63.2 Å². The standard InChI is InChI=1S/C17H13IN2O2/c1-22-16-7-2-4-12(9-16)8-13(11-19)17(21)20-15-6-3-5-14(18)10-15/h2-10H,1H3,(H,20,21)/b13-8+. The molecule has 2 aromatic carbocycles. The Kier molecular flexibility index (Phi) is 5.55. The molecule has 0 unspecified atom stereocenters. The molecule has 0 aromatic heterocycles. The van der Waals surface area contributed by atoms with Crippen LogP contribution in [0.4, 0.5) is 5.69 Å². The first kappa shape index (κ1) is 16.0. The average molecular weight is 404 g/mol. The number of carbonyl (C=O) groups is 1. The predicted octanol–water partition coefficient (Wildman–Crippen LogP) is 3.85. The summed E-state index contributed by atoms with van der Waals surface area (Å²) in [5.74, 6) is 0.233. The highest BCUT2D eigenvalue weighted by Gasteiger charge is 2.09. The highest BCUT2D eigenvalue weighted by Crippen LogP contribution is 2.17. The number of hydrogen-bond acceptors (Lipinski definition) is 3. The largest absolute Gasteiger partial charge is 0.497 e. The molecule has 1 amide bonds. The van der Waals surface area contributed by atoms with Gasteiger partial charge < -0.3 is 10.1 Å². The van der Waals surface area contributed by atoms with Crippen molar-refractivity contribution in [3.63, 3.8) is 0 Å². The number of benzene rings is 2. The molecule has 0 fully saturated rings. The maximum Gasteiger partial charge on any atom is 0.266 e. The van der Waals surface area contributed by atoms with Crippen molar-refractivity contribution < 1.29 is 9.53 Å². The van der Waals surface area contributed by atoms with Crippen molar-refractivity contribution in [2.75, 3.05) is 12.4 Å². The Labute approximate surface area is 142 Å². The van der Waals surface area contributed by atoms with Gasteiger partial charge in [-0.15, -0.1) is 0 Å². The summed E-state index contributed by atoms with van der Waals surface area (Å²) in [5.41, 5.74) is 1.42. The lowest BCUT2D eigenvalue weighted by molar-refractivity contribution is -0.112. The van der Waals surface area contributed by atoms with Crippen LogP contribution in [0.5, 0.6) is 5.75 Å². The van der Waals surface area contributed by atoms with Crippen LogP contribution >= 0.6 is 22.6 Å². The van der Waals surface area contributed by atoms with Gasteiger partial charge in [-0.3, -0.25) is 4.79 Å². The number of nitriles is 1. The molecule has 0 aliphatic heterocycles. The topological polar surface area (TPSA) is 62.1 Å². The van der Waals surface area contributed by atoms with Gasteiger partial charge in [0.2, 0.25) is 0 Å². The van der Waals surface area contributed by atoms with Crippen molar-refractivity contribution in [2.24, 2.45) is 0 Å². The number of nitrogens with one attached hydrogen (secondary N) is 1. The Morgan fingerprint density at radius 1 is 1.27 bits per heavy atom. The first-order valence-electron chi connectivity index (χ1n) is 6.45. The van der Waals surface area contributed by atoms with Gasteiger partial charge in [0.1, 0.15) is 17.4 Å². The number of anilines is 1. The van der Waals surface area contributed by atoms with Crippen molar-refractivity contribution >= 4 is 40.3 Å². The lowest BCUT2D eigenvalue weighted by Crippen LogP contribution is -2.13. The normalized spacial score (nSPS) is 10.7. The van der Waals surface area contributed by atoms with E-state index in [-0.39, 0.29) is 5.57 Å². The van der Waals surface area contributed by atoms with E-state index in [0.29, 0.717) is 11.4 Å². The van der Waals surface area contributed by atoms with Gasteiger partial charge in [-0.25, -0.2) is 0 Å². The van der Waals surface area contributed by atoms with Gasteiger partial charge in [0.15, 0.2) is 0 Å². The van der Waals surface area contributed by atoms with Gasteiger partial charge in [0, 0.05) is 9.26 Å². The number of ether oxygens (including phenoxy) is 1. The van der Waals surface area contributed by atoms with E-state index in [2.05, 4.69) is 27.9 Å². The SMILES string of the molecule is COc1cccc(/C=C(\C#N)C(=O)Nc2cccc(I)c2)c1. The zero-order valence-corrected chi connectivity index (χ0v) is 14.0. The molecule has 110 valence electrons. The van der Waals surface area contributed by atoms with E-state index >= 15 is 0 Å². The molecule has 0 spiro atoms. The fourth-order valence-electron chi connectivity index (χ4n) is 1.81. The molecule has 0 aliphatic carbocycles. The molecule has 0 saturated carbocycles. The summed E-state index contributed by atoms with van der Waals surface area (Å²) in [6.45, 7) is 0. The third-order valence-corrected chi connectivity index (χ3v) is 3.52. The van der Waals surface area contributed by atoms with Crippen LogP contribution in [0.1, 0.15) is 5.56 Å². The maximum absolute atomic E-state index is 12.2. The molecule has 0 heterocycles. The summed E-state index contributed by atoms with van der Waals surface area (Å²) in [4.78, 5) is 12.2. The van der Waals surface area contributed by atoms with Gasteiger partial charge in [0.25, 0.3) is 5.91 Å². The Morgan fingerprint density at radius 2 is 2.05 bits per heavy atom. The quantitative estimate of drug-likeness (QED) is 0.479. The van der Waals surface area contributed by atoms with Crippen LogP contribution in [0, 0.1) is 14.9 Å². The Morgan fingerprint density at radius 3 is 2.73 bits per heavy atom. The monoisotopic (exact) mass is 404 g/mol. The molecular formula is C17H13IN2O2. The van der Waals surface area contributed by atoms with Gasteiger partial charge in [-0.2, -0.15) is 5.26 Å². The molecule has 2 aromatic rings. The number of hydrogen-bond donors (Lipinski definition) is 1. The predicted molar refractivity (Wildman–Crippen MR) is 94.4 cm³/mol. The molecule has 22 heavy (non-hydrogen) atoms. The van der Waals surface area contributed by atoms with Crippen LogP contribution in [0.2, 0.25) is 0 Å². The summed E-state index contributed by atoms with van der Waals surface area (Å²) in [7, 11) is 1.57. The van der Waals surface area contributed by atoms with E-state index in [1.165, 1.54) is 6.08 Å². The lowest BCUT2D eigenvalue weighted by Gasteiger charge is -2.05. The highest BCUT2D eigenvalue weighted by atomic mass is 127. The molecule has 1 N–H and O–H groups in total. The highest BCUT2D eigenvalue weighted by molar-refractivity contribution is 14.1. The van der Waals surface area contributed by atoms with E-state index in [1.54, 1.807) is 37.4 Å². The third-order valence-electron chi connectivity index (χ3n) is 2.85. The maximum atomic E-state index is 12.2. The number of rotatable bonds is 4. The zero-order chi connectivity index (χ0) is 15.9. The molecule has 0 aliphatic rings. The number of amides is 1. The Hall–Kier alpha value is -2.33. The third kappa shape index (κ3) is 4.33. The number of methoxy groups -OCH3 is 1. The summed E-state index contributed by atoms with van der Waals surface area (Å²) in [5, 5.41) is 11.9. The van der Waals surface area contributed by atoms with Gasteiger partial charge in [0.05, 0.1) is 7.11 Å². The number of carbonyl (C=O) groups excluding carboxylic acids is 1. The van der Waals surface area contributed by atoms with Crippen molar-refractivity contribution in [1.29, 1.82) is 5.26 Å². The van der Waals surface area contributed by atoms with Crippen LogP contribution in [-0.4, -0.2) is 13.0 Å². The minimum atomic E-state index is -0.438. The minimum Gasteiger partial charge on any atom is -0.497 e. The van der Waals surface area contributed by atoms with E-state index in [9.17, 15) is 10.1 Å². The lowest BCUT2D eigenvalue weighted by atomic mass is 10.1. The van der Waals surface area contributed by atoms with E-state index in [4.69, 9.17) is 4.74 Å². The van der Waals surface area contributed by atoms with Crippen LogP contribution < -0.4 is 10.1 Å². The molecule has 0 bridgehead atoms. The molecular weight excluding hydrogens is 391 g/mol. The van der Waals surface area contributed by atoms with Crippen LogP contribution in [-0.2, 0) is 4.79 Å². The second-order valence-electron chi connectivity index (χ2n) is 4.41.